The largest absolute Gasteiger partial charge is 0.505 e. The van der Waals surface area contributed by atoms with E-state index >= 15 is 0 Å². The Morgan fingerprint density at radius 1 is 0.885 bits per heavy atom. The minimum Gasteiger partial charge on any atom is -0.505 e. The van der Waals surface area contributed by atoms with Crippen LogP contribution in [0.4, 0.5) is 17.1 Å². The SMILES string of the molecule is CC(=O)N(c1ccc(Br)cc1)c1c(N(C)C)c(O)c2ccccc2c1O. The molecule has 134 valence electrons. The maximum absolute atomic E-state index is 12.5. The van der Waals surface area contributed by atoms with Crippen LogP contribution in [0.1, 0.15) is 6.92 Å². The highest BCUT2D eigenvalue weighted by molar-refractivity contribution is 9.10. The van der Waals surface area contributed by atoms with Crippen LogP contribution in [0.5, 0.6) is 11.5 Å². The predicted molar refractivity (Wildman–Crippen MR) is 109 cm³/mol. The van der Waals surface area contributed by atoms with E-state index in [0.717, 1.165) is 4.47 Å². The highest BCUT2D eigenvalue weighted by atomic mass is 79.9. The number of anilines is 3. The van der Waals surface area contributed by atoms with Gasteiger partial charge in [-0.25, -0.2) is 0 Å². The number of rotatable bonds is 3. The van der Waals surface area contributed by atoms with E-state index < -0.39 is 0 Å². The van der Waals surface area contributed by atoms with Gasteiger partial charge in [-0.2, -0.15) is 0 Å². The molecule has 1 amide bonds. The van der Waals surface area contributed by atoms with Crippen molar-refractivity contribution >= 4 is 49.7 Å². The molecule has 2 N–H and O–H groups in total. The van der Waals surface area contributed by atoms with Crippen molar-refractivity contribution in [2.45, 2.75) is 6.92 Å². The summed E-state index contributed by atoms with van der Waals surface area (Å²) >= 11 is 3.38. The molecule has 0 atom stereocenters. The van der Waals surface area contributed by atoms with Crippen LogP contribution < -0.4 is 9.80 Å². The van der Waals surface area contributed by atoms with Crippen LogP contribution in [-0.4, -0.2) is 30.2 Å². The van der Waals surface area contributed by atoms with E-state index in [-0.39, 0.29) is 23.1 Å². The zero-order chi connectivity index (χ0) is 19.0. The second-order valence-corrected chi connectivity index (χ2v) is 7.08. The number of amides is 1. The number of phenolic OH excluding ortho intramolecular Hbond substituents is 2. The van der Waals surface area contributed by atoms with Crippen molar-refractivity contribution in [3.8, 4) is 11.5 Å². The van der Waals surface area contributed by atoms with Gasteiger partial charge in [-0.05, 0) is 24.3 Å². The van der Waals surface area contributed by atoms with Gasteiger partial charge in [0, 0.05) is 42.0 Å². The molecule has 0 unspecified atom stereocenters. The maximum Gasteiger partial charge on any atom is 0.228 e. The van der Waals surface area contributed by atoms with Gasteiger partial charge in [0.1, 0.15) is 22.9 Å². The molecule has 0 aliphatic rings. The lowest BCUT2D eigenvalue weighted by Crippen LogP contribution is -2.25. The number of phenols is 2. The Kier molecular flexibility index (Phi) is 4.78. The first kappa shape index (κ1) is 18.1. The summed E-state index contributed by atoms with van der Waals surface area (Å²) in [5, 5.41) is 22.9. The van der Waals surface area contributed by atoms with Crippen molar-refractivity contribution in [2.75, 3.05) is 23.9 Å². The number of carbonyl (C=O) groups is 1. The topological polar surface area (TPSA) is 64.0 Å². The van der Waals surface area contributed by atoms with Gasteiger partial charge in [-0.15, -0.1) is 0 Å². The zero-order valence-corrected chi connectivity index (χ0v) is 16.3. The van der Waals surface area contributed by atoms with Crippen LogP contribution in [0.25, 0.3) is 10.8 Å². The van der Waals surface area contributed by atoms with Gasteiger partial charge >= 0.3 is 0 Å². The van der Waals surface area contributed by atoms with Crippen molar-refractivity contribution in [3.63, 3.8) is 0 Å². The molecule has 26 heavy (non-hydrogen) atoms. The van der Waals surface area contributed by atoms with E-state index in [1.165, 1.54) is 11.8 Å². The fraction of sp³-hybridized carbons (Fsp3) is 0.150. The molecule has 0 saturated carbocycles. The Bertz CT molecular complexity index is 985. The summed E-state index contributed by atoms with van der Waals surface area (Å²) in [6.07, 6.45) is 0. The summed E-state index contributed by atoms with van der Waals surface area (Å²) in [5.74, 6) is -0.317. The molecule has 0 heterocycles. The quantitative estimate of drug-likeness (QED) is 0.606. The summed E-state index contributed by atoms with van der Waals surface area (Å²) in [7, 11) is 3.51. The van der Waals surface area contributed by atoms with E-state index in [1.807, 2.05) is 12.1 Å². The summed E-state index contributed by atoms with van der Waals surface area (Å²) < 4.78 is 0.878. The Balaban J connectivity index is 2.40. The van der Waals surface area contributed by atoms with Crippen molar-refractivity contribution in [1.29, 1.82) is 0 Å². The second-order valence-electron chi connectivity index (χ2n) is 6.17. The number of halogens is 1. The van der Waals surface area contributed by atoms with Gasteiger partial charge < -0.3 is 15.1 Å². The van der Waals surface area contributed by atoms with Crippen LogP contribution >= 0.6 is 15.9 Å². The van der Waals surface area contributed by atoms with Crippen LogP contribution in [0.3, 0.4) is 0 Å². The first-order chi connectivity index (χ1) is 12.3. The van der Waals surface area contributed by atoms with E-state index in [1.54, 1.807) is 55.4 Å². The van der Waals surface area contributed by atoms with E-state index in [2.05, 4.69) is 15.9 Å². The highest BCUT2D eigenvalue weighted by Gasteiger charge is 2.27. The molecule has 0 aliphatic carbocycles. The smallest absolute Gasteiger partial charge is 0.228 e. The molecule has 0 bridgehead atoms. The van der Waals surface area contributed by atoms with Crippen LogP contribution in [0.15, 0.2) is 53.0 Å². The number of hydrogen-bond acceptors (Lipinski definition) is 4. The minimum atomic E-state index is -0.277. The lowest BCUT2D eigenvalue weighted by Gasteiger charge is -2.29. The van der Waals surface area contributed by atoms with E-state index in [4.69, 9.17) is 0 Å². The standard InChI is InChI=1S/C20H19BrN2O3/c1-12(24)23(14-10-8-13(21)9-11-14)18-17(22(2)3)19(25)15-6-4-5-7-16(15)20(18)26/h4-11,25-26H,1-3H3. The summed E-state index contributed by atoms with van der Waals surface area (Å²) in [6.45, 7) is 1.42. The summed E-state index contributed by atoms with van der Waals surface area (Å²) in [4.78, 5) is 15.6. The molecule has 3 aromatic carbocycles. The number of benzene rings is 3. The predicted octanol–water partition coefficient (Wildman–Crippen LogP) is 4.76. The number of aromatic hydroxyl groups is 2. The van der Waals surface area contributed by atoms with E-state index in [9.17, 15) is 15.0 Å². The second kappa shape index (κ2) is 6.88. The molecular formula is C20H19BrN2O3. The number of nitrogens with zero attached hydrogens (tertiary/aromatic N) is 2. The highest BCUT2D eigenvalue weighted by Crippen LogP contribution is 2.51. The summed E-state index contributed by atoms with van der Waals surface area (Å²) in [5.41, 5.74) is 1.22. The van der Waals surface area contributed by atoms with Gasteiger partial charge in [-0.1, -0.05) is 40.2 Å². The van der Waals surface area contributed by atoms with Gasteiger partial charge in [0.2, 0.25) is 5.91 Å². The average Bonchev–Trinajstić information content (AvgIpc) is 2.60. The zero-order valence-electron chi connectivity index (χ0n) is 14.7. The first-order valence-corrected chi connectivity index (χ1v) is 8.82. The fourth-order valence-electron chi connectivity index (χ4n) is 3.07. The van der Waals surface area contributed by atoms with Crippen LogP contribution in [0, 0.1) is 0 Å². The van der Waals surface area contributed by atoms with Crippen molar-refractivity contribution in [2.24, 2.45) is 0 Å². The van der Waals surface area contributed by atoms with Crippen molar-refractivity contribution in [3.05, 3.63) is 53.0 Å². The Labute approximate surface area is 160 Å². The number of fused-ring (bicyclic) bond motifs is 1. The monoisotopic (exact) mass is 414 g/mol. The fourth-order valence-corrected chi connectivity index (χ4v) is 3.33. The third-order valence-electron chi connectivity index (χ3n) is 4.18. The minimum absolute atomic E-state index is 0.0155. The third kappa shape index (κ3) is 2.97. The Morgan fingerprint density at radius 2 is 1.38 bits per heavy atom. The van der Waals surface area contributed by atoms with Crippen molar-refractivity contribution in [1.82, 2.24) is 0 Å². The number of carbonyl (C=O) groups excluding carboxylic acids is 1. The average molecular weight is 415 g/mol. The molecule has 0 spiro atoms. The molecule has 0 fully saturated rings. The first-order valence-electron chi connectivity index (χ1n) is 8.03. The van der Waals surface area contributed by atoms with Crippen LogP contribution in [0.2, 0.25) is 0 Å². The Hall–Kier alpha value is -2.73. The lowest BCUT2D eigenvalue weighted by atomic mass is 10.0. The molecule has 3 aromatic rings. The molecule has 5 nitrogen and oxygen atoms in total. The lowest BCUT2D eigenvalue weighted by molar-refractivity contribution is -0.115. The molecule has 3 rings (SSSR count). The molecular weight excluding hydrogens is 396 g/mol. The number of hydrogen-bond donors (Lipinski definition) is 2. The third-order valence-corrected chi connectivity index (χ3v) is 4.71. The molecule has 0 saturated heterocycles. The van der Waals surface area contributed by atoms with Crippen LogP contribution in [-0.2, 0) is 4.79 Å². The van der Waals surface area contributed by atoms with Crippen molar-refractivity contribution < 1.29 is 15.0 Å². The summed E-state index contributed by atoms with van der Waals surface area (Å²) in [6, 6.07) is 14.2. The molecule has 0 aliphatic heterocycles. The van der Waals surface area contributed by atoms with Gasteiger partial charge in [0.25, 0.3) is 0 Å². The maximum atomic E-state index is 12.5. The van der Waals surface area contributed by atoms with E-state index in [0.29, 0.717) is 22.1 Å². The van der Waals surface area contributed by atoms with Gasteiger partial charge in [0.05, 0.1) is 0 Å². The van der Waals surface area contributed by atoms with Gasteiger partial charge in [-0.3, -0.25) is 9.69 Å². The van der Waals surface area contributed by atoms with Gasteiger partial charge in [0.15, 0.2) is 0 Å². The molecule has 0 radical (unpaired) electrons. The molecule has 0 aromatic heterocycles. The molecule has 6 heteroatoms. The Morgan fingerprint density at radius 3 is 1.85 bits per heavy atom. The normalized spacial score (nSPS) is 10.8.